The summed E-state index contributed by atoms with van der Waals surface area (Å²) in [4.78, 5) is 17.2. The molecule has 0 saturated carbocycles. The summed E-state index contributed by atoms with van der Waals surface area (Å²) in [7, 11) is 0. The Hall–Kier alpha value is -2.50. The highest BCUT2D eigenvalue weighted by atomic mass is 15.3. The number of hydrogen-bond donors (Lipinski definition) is 0. The van der Waals surface area contributed by atoms with Crippen molar-refractivity contribution in [1.29, 1.82) is 0 Å². The van der Waals surface area contributed by atoms with Gasteiger partial charge in [-0.15, -0.1) is 0 Å². The second-order valence-corrected chi connectivity index (χ2v) is 9.05. The molecule has 0 amide bonds. The molecule has 2 aliphatic heterocycles. The Morgan fingerprint density at radius 1 is 0.806 bits per heavy atom. The van der Waals surface area contributed by atoms with Crippen LogP contribution in [-0.2, 0) is 6.42 Å². The van der Waals surface area contributed by atoms with E-state index in [1.807, 2.05) is 24.4 Å². The number of benzene rings is 2. The number of aromatic nitrogens is 2. The predicted octanol–water partition coefficient (Wildman–Crippen LogP) is 3.71. The lowest BCUT2D eigenvalue weighted by Gasteiger charge is -2.39. The van der Waals surface area contributed by atoms with Crippen molar-refractivity contribution in [2.75, 3.05) is 57.3 Å². The first kappa shape index (κ1) is 20.4. The topological polar surface area (TPSA) is 35.5 Å². The maximum absolute atomic E-state index is 4.83. The number of hydrogen-bond acceptors (Lipinski definition) is 5. The molecule has 5 rings (SSSR count). The van der Waals surface area contributed by atoms with Gasteiger partial charge in [0.1, 0.15) is 5.82 Å². The van der Waals surface area contributed by atoms with E-state index in [2.05, 4.69) is 56.1 Å². The number of nitrogens with zero attached hydrogens (tertiary/aromatic N) is 5. The molecule has 2 saturated heterocycles. The highest BCUT2D eigenvalue weighted by molar-refractivity contribution is 5.75. The Morgan fingerprint density at radius 2 is 1.58 bits per heavy atom. The molecule has 1 aromatic heterocycles. The normalized spacial score (nSPS) is 20.9. The average molecular weight is 416 g/mol. The van der Waals surface area contributed by atoms with Crippen LogP contribution >= 0.6 is 0 Å². The van der Waals surface area contributed by atoms with Crippen LogP contribution in [0.15, 0.2) is 60.8 Å². The largest absolute Gasteiger partial charge is 0.353 e. The van der Waals surface area contributed by atoms with Crippen LogP contribution in [0.2, 0.25) is 0 Å². The summed E-state index contributed by atoms with van der Waals surface area (Å²) in [6.45, 7) is 9.26. The summed E-state index contributed by atoms with van der Waals surface area (Å²) < 4.78 is 0. The minimum atomic E-state index is 0.802. The van der Waals surface area contributed by atoms with Crippen molar-refractivity contribution in [1.82, 2.24) is 19.8 Å². The van der Waals surface area contributed by atoms with Crippen LogP contribution in [0.3, 0.4) is 0 Å². The van der Waals surface area contributed by atoms with Gasteiger partial charge in [0.25, 0.3) is 0 Å². The summed E-state index contributed by atoms with van der Waals surface area (Å²) in [5, 5.41) is 0. The van der Waals surface area contributed by atoms with E-state index in [4.69, 9.17) is 4.98 Å². The van der Waals surface area contributed by atoms with Gasteiger partial charge in [-0.1, -0.05) is 42.5 Å². The summed E-state index contributed by atoms with van der Waals surface area (Å²) >= 11 is 0. The summed E-state index contributed by atoms with van der Waals surface area (Å²) in [6.07, 6.45) is 5.81. The molecule has 0 unspecified atom stereocenters. The molecule has 0 N–H and O–H groups in total. The van der Waals surface area contributed by atoms with E-state index in [-0.39, 0.29) is 0 Å². The Morgan fingerprint density at radius 3 is 2.42 bits per heavy atom. The molecule has 2 fully saturated rings. The van der Waals surface area contributed by atoms with Crippen molar-refractivity contribution < 1.29 is 0 Å². The van der Waals surface area contributed by atoms with Crippen molar-refractivity contribution in [3.8, 4) is 0 Å². The quantitative estimate of drug-likeness (QED) is 0.613. The van der Waals surface area contributed by atoms with Gasteiger partial charge in [-0.2, -0.15) is 0 Å². The van der Waals surface area contributed by atoms with Crippen LogP contribution in [0.5, 0.6) is 0 Å². The van der Waals surface area contributed by atoms with E-state index < -0.39 is 0 Å². The van der Waals surface area contributed by atoms with Gasteiger partial charge < -0.3 is 9.80 Å². The van der Waals surface area contributed by atoms with Gasteiger partial charge in [0.05, 0.1) is 17.2 Å². The van der Waals surface area contributed by atoms with Crippen LogP contribution in [0.1, 0.15) is 18.4 Å². The van der Waals surface area contributed by atoms with Gasteiger partial charge >= 0.3 is 0 Å². The maximum atomic E-state index is 4.83. The van der Waals surface area contributed by atoms with Crippen molar-refractivity contribution in [2.45, 2.75) is 19.3 Å². The third-order valence-electron chi connectivity index (χ3n) is 6.81. The maximum Gasteiger partial charge on any atom is 0.147 e. The first-order chi connectivity index (χ1) is 15.3. The van der Waals surface area contributed by atoms with Crippen molar-refractivity contribution >= 4 is 16.9 Å². The Labute approximate surface area is 185 Å². The fourth-order valence-corrected chi connectivity index (χ4v) is 5.06. The van der Waals surface area contributed by atoms with Gasteiger partial charge in [-0.25, -0.2) is 4.98 Å². The van der Waals surface area contributed by atoms with Crippen molar-refractivity contribution in [3.05, 3.63) is 66.4 Å². The SMILES string of the molecule is c1ccc(CCN2CCC[C@@H](CN3CCN(c4cnc5ccccc5n4)CC3)C2)cc1. The molecule has 2 aromatic carbocycles. The number of fused-ring (bicyclic) bond motifs is 1. The lowest BCUT2D eigenvalue weighted by molar-refractivity contribution is 0.130. The Bertz CT molecular complexity index is 968. The second-order valence-electron chi connectivity index (χ2n) is 9.05. The third-order valence-corrected chi connectivity index (χ3v) is 6.81. The summed E-state index contributed by atoms with van der Waals surface area (Å²) in [5.74, 6) is 1.82. The number of piperidine rings is 1. The number of para-hydroxylation sites is 2. The number of rotatable bonds is 6. The van der Waals surface area contributed by atoms with E-state index in [0.717, 1.165) is 48.9 Å². The Balaban J connectivity index is 1.10. The first-order valence-corrected chi connectivity index (χ1v) is 11.8. The fourth-order valence-electron chi connectivity index (χ4n) is 5.06. The minimum Gasteiger partial charge on any atom is -0.353 e. The van der Waals surface area contributed by atoms with E-state index >= 15 is 0 Å². The van der Waals surface area contributed by atoms with Crippen LogP contribution in [0.25, 0.3) is 11.0 Å². The molecule has 0 spiro atoms. The smallest absolute Gasteiger partial charge is 0.147 e. The van der Waals surface area contributed by atoms with Crippen molar-refractivity contribution in [3.63, 3.8) is 0 Å². The molecule has 5 heteroatoms. The molecule has 3 heterocycles. The van der Waals surface area contributed by atoms with Gasteiger partial charge in [-0.05, 0) is 49.4 Å². The highest BCUT2D eigenvalue weighted by Gasteiger charge is 2.25. The zero-order valence-corrected chi connectivity index (χ0v) is 18.4. The van der Waals surface area contributed by atoms with E-state index in [0.29, 0.717) is 0 Å². The molecular formula is C26H33N5. The molecule has 5 nitrogen and oxygen atoms in total. The van der Waals surface area contributed by atoms with Gasteiger partial charge in [0.2, 0.25) is 0 Å². The summed E-state index contributed by atoms with van der Waals surface area (Å²) in [5.41, 5.74) is 3.41. The lowest BCUT2D eigenvalue weighted by atomic mass is 9.96. The molecule has 162 valence electrons. The lowest BCUT2D eigenvalue weighted by Crippen LogP contribution is -2.50. The third kappa shape index (κ3) is 5.23. The first-order valence-electron chi connectivity index (χ1n) is 11.8. The van der Waals surface area contributed by atoms with Gasteiger partial charge in [0, 0.05) is 45.8 Å². The average Bonchev–Trinajstić information content (AvgIpc) is 2.84. The van der Waals surface area contributed by atoms with Gasteiger partial charge in [0.15, 0.2) is 0 Å². The number of piperazine rings is 1. The number of likely N-dealkylation sites (tertiary alicyclic amines) is 1. The molecule has 2 aliphatic rings. The molecule has 0 aliphatic carbocycles. The second kappa shape index (κ2) is 9.75. The molecule has 0 radical (unpaired) electrons. The molecule has 31 heavy (non-hydrogen) atoms. The standard InChI is InChI=1S/C26H33N5/c1-2-7-22(8-3-1)12-14-29-13-6-9-23(20-29)21-30-15-17-31(18-16-30)26-19-27-24-10-4-5-11-25(24)28-26/h1-5,7-8,10-11,19,23H,6,9,12-18,20-21H2/t23-/m1/s1. The van der Waals surface area contributed by atoms with Crippen LogP contribution in [-0.4, -0.2) is 72.1 Å². The van der Waals surface area contributed by atoms with Crippen LogP contribution in [0, 0.1) is 5.92 Å². The van der Waals surface area contributed by atoms with E-state index in [9.17, 15) is 0 Å². The van der Waals surface area contributed by atoms with Crippen molar-refractivity contribution in [2.24, 2.45) is 5.92 Å². The van der Waals surface area contributed by atoms with E-state index in [1.54, 1.807) is 0 Å². The van der Waals surface area contributed by atoms with Gasteiger partial charge in [-0.3, -0.25) is 9.88 Å². The molecule has 3 aromatic rings. The monoisotopic (exact) mass is 415 g/mol. The Kier molecular flexibility index (Phi) is 6.42. The van der Waals surface area contributed by atoms with Crippen LogP contribution in [0.4, 0.5) is 5.82 Å². The molecule has 0 bridgehead atoms. The zero-order valence-electron chi connectivity index (χ0n) is 18.4. The number of anilines is 1. The zero-order chi connectivity index (χ0) is 20.9. The van der Waals surface area contributed by atoms with E-state index in [1.165, 1.54) is 51.0 Å². The minimum absolute atomic E-state index is 0.802. The predicted molar refractivity (Wildman–Crippen MR) is 128 cm³/mol. The molecular weight excluding hydrogens is 382 g/mol. The summed E-state index contributed by atoms with van der Waals surface area (Å²) in [6, 6.07) is 19.0. The molecule has 1 atom stereocenters. The van der Waals surface area contributed by atoms with Crippen LogP contribution < -0.4 is 4.90 Å². The highest BCUT2D eigenvalue weighted by Crippen LogP contribution is 2.21. The fraction of sp³-hybridized carbons (Fsp3) is 0.462.